The van der Waals surface area contributed by atoms with Gasteiger partial charge >= 0.3 is 0 Å². The predicted octanol–water partition coefficient (Wildman–Crippen LogP) is 0.0150. The van der Waals surface area contributed by atoms with Crippen molar-refractivity contribution in [3.63, 3.8) is 0 Å². The molecule has 0 aliphatic heterocycles. The van der Waals surface area contributed by atoms with Crippen LogP contribution in [0.25, 0.3) is 0 Å². The lowest BCUT2D eigenvalue weighted by atomic mass is 9.74. The quantitative estimate of drug-likeness (QED) is 0.275. The molecule has 0 aromatic heterocycles. The molecule has 0 atom stereocenters. The van der Waals surface area contributed by atoms with E-state index in [1.807, 2.05) is 13.8 Å². The Labute approximate surface area is 127 Å². The molecule has 7 N–H and O–H groups in total. The van der Waals surface area contributed by atoms with Gasteiger partial charge in [-0.25, -0.2) is 0 Å². The van der Waals surface area contributed by atoms with Crippen LogP contribution in [0, 0.1) is 5.41 Å². The van der Waals surface area contributed by atoms with E-state index >= 15 is 0 Å². The van der Waals surface area contributed by atoms with Gasteiger partial charge in [0.05, 0.1) is 11.4 Å². The first kappa shape index (κ1) is 16.2. The van der Waals surface area contributed by atoms with E-state index in [2.05, 4.69) is 26.2 Å². The van der Waals surface area contributed by atoms with Crippen molar-refractivity contribution >= 4 is 51.8 Å². The molecule has 110 valence electrons. The summed E-state index contributed by atoms with van der Waals surface area (Å²) in [7, 11) is 0. The average Bonchev–Trinajstić information content (AvgIpc) is 2.32. The van der Waals surface area contributed by atoms with Crippen molar-refractivity contribution in [1.29, 1.82) is 0 Å². The third kappa shape index (κ3) is 4.70. The summed E-state index contributed by atoms with van der Waals surface area (Å²) in [5.41, 5.74) is 16.8. The lowest BCUT2D eigenvalue weighted by molar-refractivity contribution is 0.319. The van der Waals surface area contributed by atoms with Gasteiger partial charge in [0.15, 0.2) is 10.2 Å². The highest BCUT2D eigenvalue weighted by Crippen LogP contribution is 2.31. The molecule has 0 heterocycles. The minimum atomic E-state index is -0.123. The maximum atomic E-state index is 9.18. The number of oxime groups is 1. The van der Waals surface area contributed by atoms with E-state index in [9.17, 15) is 5.21 Å². The van der Waals surface area contributed by atoms with E-state index < -0.39 is 0 Å². The van der Waals surface area contributed by atoms with Crippen molar-refractivity contribution in [2.24, 2.45) is 32.2 Å². The molecule has 0 saturated heterocycles. The minimum absolute atomic E-state index is 0.0259. The Morgan fingerprint density at radius 2 is 1.50 bits per heavy atom. The molecule has 1 rings (SSSR count). The molecule has 8 nitrogen and oxygen atoms in total. The molecule has 20 heavy (non-hydrogen) atoms. The summed E-state index contributed by atoms with van der Waals surface area (Å²) in [6.07, 6.45) is 1.15. The molecule has 0 unspecified atom stereocenters. The predicted molar refractivity (Wildman–Crippen MR) is 86.9 cm³/mol. The van der Waals surface area contributed by atoms with Crippen molar-refractivity contribution in [2.75, 3.05) is 0 Å². The molecular formula is C10H17N7OS2. The first-order chi connectivity index (χ1) is 9.25. The fourth-order valence-electron chi connectivity index (χ4n) is 1.85. The molecule has 10 heteroatoms. The number of nitrogens with one attached hydrogen (secondary N) is 2. The lowest BCUT2D eigenvalue weighted by Gasteiger charge is -2.31. The van der Waals surface area contributed by atoms with Crippen LogP contribution in [0.2, 0.25) is 0 Å². The van der Waals surface area contributed by atoms with Gasteiger partial charge < -0.3 is 16.7 Å². The van der Waals surface area contributed by atoms with Crippen molar-refractivity contribution in [3.05, 3.63) is 0 Å². The highest BCUT2D eigenvalue weighted by atomic mass is 32.1. The Balaban J connectivity index is 3.12. The van der Waals surface area contributed by atoms with E-state index in [0.717, 1.165) is 0 Å². The molecule has 0 aromatic rings. The van der Waals surface area contributed by atoms with Gasteiger partial charge in [-0.1, -0.05) is 19.0 Å². The summed E-state index contributed by atoms with van der Waals surface area (Å²) in [5, 5.41) is 20.6. The highest BCUT2D eigenvalue weighted by Gasteiger charge is 2.35. The fraction of sp³-hybridized carbons (Fsp3) is 0.500. The molecule has 0 bridgehead atoms. The number of thiocarbonyl (C=S) groups is 2. The van der Waals surface area contributed by atoms with Crippen molar-refractivity contribution < 1.29 is 5.21 Å². The van der Waals surface area contributed by atoms with E-state index in [1.165, 1.54) is 0 Å². The summed E-state index contributed by atoms with van der Waals surface area (Å²) >= 11 is 9.38. The maximum absolute atomic E-state index is 9.18. The first-order valence-corrected chi connectivity index (χ1v) is 6.53. The topological polar surface area (TPSA) is 133 Å². The van der Waals surface area contributed by atoms with Crippen LogP contribution in [0.3, 0.4) is 0 Å². The normalized spacial score (nSPS) is 21.6. The van der Waals surface area contributed by atoms with Crippen molar-refractivity contribution in [3.8, 4) is 0 Å². The molecule has 1 aliphatic rings. The number of nitrogens with two attached hydrogens (primary N) is 2. The number of hydrazone groups is 2. The second kappa shape index (κ2) is 6.57. The monoisotopic (exact) mass is 315 g/mol. The molecule has 1 fully saturated rings. The Kier molecular flexibility index (Phi) is 5.34. The first-order valence-electron chi connectivity index (χ1n) is 5.72. The number of rotatable bonds is 2. The number of hydrogen-bond donors (Lipinski definition) is 5. The molecule has 0 amide bonds. The van der Waals surface area contributed by atoms with Gasteiger partial charge in [-0.15, -0.1) is 0 Å². The summed E-state index contributed by atoms with van der Waals surface area (Å²) < 4.78 is 0. The molecule has 0 spiro atoms. The second-order valence-corrected chi connectivity index (χ2v) is 5.92. The molecule has 1 aliphatic carbocycles. The Morgan fingerprint density at radius 3 is 1.80 bits per heavy atom. The van der Waals surface area contributed by atoms with Crippen LogP contribution >= 0.6 is 24.4 Å². The van der Waals surface area contributed by atoms with Crippen LogP contribution in [-0.2, 0) is 0 Å². The van der Waals surface area contributed by atoms with Gasteiger partial charge in [0.1, 0.15) is 5.71 Å². The van der Waals surface area contributed by atoms with Crippen LogP contribution in [0.5, 0.6) is 0 Å². The second-order valence-electron chi connectivity index (χ2n) is 5.04. The number of nitrogens with zero attached hydrogens (tertiary/aromatic N) is 3. The maximum Gasteiger partial charge on any atom is 0.184 e. The Bertz CT molecular complexity index is 470. The smallest absolute Gasteiger partial charge is 0.184 e. The molecule has 0 radical (unpaired) electrons. The average molecular weight is 315 g/mol. The van der Waals surface area contributed by atoms with Gasteiger partial charge in [-0.2, -0.15) is 10.2 Å². The summed E-state index contributed by atoms with van der Waals surface area (Å²) in [6.45, 7) is 4.07. The van der Waals surface area contributed by atoms with E-state index in [0.29, 0.717) is 24.3 Å². The zero-order valence-electron chi connectivity index (χ0n) is 11.2. The van der Waals surface area contributed by atoms with Crippen LogP contribution in [0.15, 0.2) is 15.4 Å². The minimum Gasteiger partial charge on any atom is -0.410 e. The van der Waals surface area contributed by atoms with Crippen LogP contribution in [0.4, 0.5) is 0 Å². The largest absolute Gasteiger partial charge is 0.410 e. The van der Waals surface area contributed by atoms with Gasteiger partial charge in [0.25, 0.3) is 0 Å². The molecule has 0 aromatic carbocycles. The van der Waals surface area contributed by atoms with E-state index in [4.69, 9.17) is 35.9 Å². The van der Waals surface area contributed by atoms with Gasteiger partial charge in [-0.3, -0.25) is 10.9 Å². The zero-order chi connectivity index (χ0) is 15.3. The van der Waals surface area contributed by atoms with Crippen molar-refractivity contribution in [1.82, 2.24) is 10.9 Å². The number of hydrogen-bond acceptors (Lipinski definition) is 6. The van der Waals surface area contributed by atoms with Gasteiger partial charge in [0, 0.05) is 0 Å². The lowest BCUT2D eigenvalue weighted by Crippen LogP contribution is -2.41. The third-order valence-electron chi connectivity index (χ3n) is 2.54. The van der Waals surface area contributed by atoms with Crippen LogP contribution in [-0.4, -0.2) is 32.6 Å². The summed E-state index contributed by atoms with van der Waals surface area (Å²) in [6, 6.07) is 0. The highest BCUT2D eigenvalue weighted by molar-refractivity contribution is 7.80. The summed E-state index contributed by atoms with van der Waals surface area (Å²) in [5.74, 6) is 0. The molecular weight excluding hydrogens is 298 g/mol. The van der Waals surface area contributed by atoms with E-state index in [1.54, 1.807) is 0 Å². The Morgan fingerprint density at radius 1 is 1.10 bits per heavy atom. The van der Waals surface area contributed by atoms with Gasteiger partial charge in [0.2, 0.25) is 0 Å². The standard InChI is InChI=1S/C10H17N7OS2/c1-10(2)3-5(13-15-8(11)19)7(17-18)6(4-10)14-16-9(12)20/h18H,3-4H2,1-2H3,(H3,11,15,19)(H3,12,16,20)/b13-5-,14-6-. The fourth-order valence-corrected chi connectivity index (χ4v) is 1.94. The SMILES string of the molecule is CC1(C)C/C(=N/NC(N)=S)C(=NO)/C(=N\NC(N)=S)C1. The van der Waals surface area contributed by atoms with Crippen molar-refractivity contribution in [2.45, 2.75) is 26.7 Å². The third-order valence-corrected chi connectivity index (χ3v) is 2.72. The zero-order valence-corrected chi connectivity index (χ0v) is 12.8. The van der Waals surface area contributed by atoms with Crippen LogP contribution in [0.1, 0.15) is 26.7 Å². The Hall–Kier alpha value is -1.81. The molecule has 1 saturated carbocycles. The van der Waals surface area contributed by atoms with E-state index in [-0.39, 0.29) is 21.4 Å². The van der Waals surface area contributed by atoms with Gasteiger partial charge in [-0.05, 0) is 42.7 Å². The van der Waals surface area contributed by atoms with Crippen LogP contribution < -0.4 is 22.3 Å². The summed E-state index contributed by atoms with van der Waals surface area (Å²) in [4.78, 5) is 0.